The van der Waals surface area contributed by atoms with Gasteiger partial charge in [-0.1, -0.05) is 133 Å². The van der Waals surface area contributed by atoms with Gasteiger partial charge in [-0.3, -0.25) is 0 Å². The second-order valence-corrected chi connectivity index (χ2v) is 14.6. The van der Waals surface area contributed by atoms with E-state index >= 15 is 0 Å². The molecule has 3 nitrogen and oxygen atoms in total. The van der Waals surface area contributed by atoms with Gasteiger partial charge in [0.05, 0.1) is 11.0 Å². The summed E-state index contributed by atoms with van der Waals surface area (Å²) >= 11 is 0. The third kappa shape index (κ3) is 5.76. The Morgan fingerprint density at radius 2 is 0.789 bits per heavy atom. The zero-order valence-electron chi connectivity index (χ0n) is 31.1. The average molecular weight is 729 g/mol. The minimum absolute atomic E-state index is 0.877. The molecule has 2 heterocycles. The first-order valence-corrected chi connectivity index (χ1v) is 19.4. The van der Waals surface area contributed by atoms with E-state index in [-0.39, 0.29) is 0 Å². The van der Waals surface area contributed by atoms with Crippen LogP contribution in [0.25, 0.3) is 82.8 Å². The first kappa shape index (κ1) is 32.8. The summed E-state index contributed by atoms with van der Waals surface area (Å²) in [5.74, 6) is 0. The smallest absolute Gasteiger partial charge is 0.135 e. The minimum atomic E-state index is 0.877. The fourth-order valence-electron chi connectivity index (χ4n) is 8.45. The van der Waals surface area contributed by atoms with Gasteiger partial charge in [-0.15, -0.1) is 0 Å². The second kappa shape index (κ2) is 13.6. The molecule has 2 aromatic heterocycles. The first-order valence-electron chi connectivity index (χ1n) is 19.4. The summed E-state index contributed by atoms with van der Waals surface area (Å²) in [6.45, 7) is 0. The Morgan fingerprint density at radius 3 is 1.47 bits per heavy atom. The van der Waals surface area contributed by atoms with E-state index < -0.39 is 0 Å². The molecule has 0 fully saturated rings. The third-order valence-corrected chi connectivity index (χ3v) is 11.2. The third-order valence-electron chi connectivity index (χ3n) is 11.2. The molecule has 0 spiro atoms. The van der Waals surface area contributed by atoms with Crippen LogP contribution in [-0.4, -0.2) is 4.57 Å². The summed E-state index contributed by atoms with van der Waals surface area (Å²) in [6, 6.07) is 78.3. The van der Waals surface area contributed by atoms with Crippen LogP contribution in [0.4, 0.5) is 17.1 Å². The molecule has 0 amide bonds. The van der Waals surface area contributed by atoms with E-state index in [0.717, 1.165) is 55.8 Å². The lowest BCUT2D eigenvalue weighted by Crippen LogP contribution is -2.10. The number of benzene rings is 9. The summed E-state index contributed by atoms with van der Waals surface area (Å²) < 4.78 is 8.66. The lowest BCUT2D eigenvalue weighted by Gasteiger charge is -2.26. The number of hydrogen-bond donors (Lipinski definition) is 0. The van der Waals surface area contributed by atoms with Crippen LogP contribution >= 0.6 is 0 Å². The maximum Gasteiger partial charge on any atom is 0.135 e. The molecular weight excluding hydrogens is 693 g/mol. The largest absolute Gasteiger partial charge is 0.456 e. The molecule has 0 saturated heterocycles. The van der Waals surface area contributed by atoms with Gasteiger partial charge in [0, 0.05) is 44.3 Å². The molecule has 0 atom stereocenters. The van der Waals surface area contributed by atoms with Crippen molar-refractivity contribution in [3.63, 3.8) is 0 Å². The van der Waals surface area contributed by atoms with Crippen LogP contribution in [-0.2, 0) is 0 Å². The van der Waals surface area contributed by atoms with Crippen LogP contribution in [0.3, 0.4) is 0 Å². The molecule has 11 rings (SSSR count). The van der Waals surface area contributed by atoms with Crippen molar-refractivity contribution in [2.75, 3.05) is 4.90 Å². The van der Waals surface area contributed by atoms with Gasteiger partial charge >= 0.3 is 0 Å². The summed E-state index contributed by atoms with van der Waals surface area (Å²) in [5, 5.41) is 4.65. The van der Waals surface area contributed by atoms with Crippen molar-refractivity contribution in [2.45, 2.75) is 0 Å². The van der Waals surface area contributed by atoms with Gasteiger partial charge in [-0.25, -0.2) is 0 Å². The van der Waals surface area contributed by atoms with Crippen molar-refractivity contribution in [1.82, 2.24) is 4.57 Å². The van der Waals surface area contributed by atoms with Crippen molar-refractivity contribution in [2.24, 2.45) is 0 Å². The Morgan fingerprint density at radius 1 is 0.298 bits per heavy atom. The topological polar surface area (TPSA) is 21.3 Å². The average Bonchev–Trinajstić information content (AvgIpc) is 3.83. The van der Waals surface area contributed by atoms with Crippen molar-refractivity contribution >= 4 is 60.8 Å². The molecule has 3 heteroatoms. The minimum Gasteiger partial charge on any atom is -0.456 e. The van der Waals surface area contributed by atoms with E-state index in [9.17, 15) is 0 Å². The number of fused-ring (bicyclic) bond motifs is 6. The highest BCUT2D eigenvalue weighted by atomic mass is 16.3. The van der Waals surface area contributed by atoms with Crippen LogP contribution in [0, 0.1) is 0 Å². The van der Waals surface area contributed by atoms with Gasteiger partial charge in [0.25, 0.3) is 0 Å². The van der Waals surface area contributed by atoms with E-state index in [1.54, 1.807) is 0 Å². The number of para-hydroxylation sites is 3. The SMILES string of the molecule is c1ccc(-c2cc(-c3ccccc3)cc(-c3ccc(N(c4ccc5oc6ccccc6c5c4)c4ccc5c6ccccc6n(-c6ccccc6)c5c4)cc3)c2)cc1. The standard InChI is InChI=1S/C54H36N2O/c1-4-14-37(15-5-1)40-32-41(38-16-6-2-7-17-38)34-42(33-40)39-24-26-44(27-25-39)55(45-29-31-54-50(35-45)49-21-11-13-23-53(49)57-54)46-28-30-48-47-20-10-12-22-51(47)56(52(48)36-46)43-18-8-3-9-19-43/h1-36H. The Bertz CT molecular complexity index is 3160. The number of nitrogens with zero attached hydrogens (tertiary/aromatic N) is 2. The summed E-state index contributed by atoms with van der Waals surface area (Å²) in [7, 11) is 0. The van der Waals surface area contributed by atoms with E-state index in [0.29, 0.717) is 0 Å². The summed E-state index contributed by atoms with van der Waals surface area (Å²) in [6.07, 6.45) is 0. The maximum absolute atomic E-state index is 6.28. The van der Waals surface area contributed by atoms with Crippen molar-refractivity contribution < 1.29 is 4.42 Å². The molecule has 268 valence electrons. The van der Waals surface area contributed by atoms with E-state index in [2.05, 4.69) is 216 Å². The van der Waals surface area contributed by atoms with Crippen LogP contribution in [0.2, 0.25) is 0 Å². The van der Waals surface area contributed by atoms with Gasteiger partial charge in [-0.05, 0) is 118 Å². The molecule has 0 N–H and O–H groups in total. The molecular formula is C54H36N2O. The molecule has 0 saturated carbocycles. The number of anilines is 3. The molecule has 57 heavy (non-hydrogen) atoms. The summed E-state index contributed by atoms with van der Waals surface area (Å²) in [4.78, 5) is 2.37. The van der Waals surface area contributed by atoms with Gasteiger partial charge in [-0.2, -0.15) is 0 Å². The highest BCUT2D eigenvalue weighted by molar-refractivity contribution is 6.11. The predicted octanol–water partition coefficient (Wildman–Crippen LogP) is 15.2. The molecule has 9 aromatic carbocycles. The maximum atomic E-state index is 6.28. The Balaban J connectivity index is 1.09. The number of hydrogen-bond acceptors (Lipinski definition) is 2. The lowest BCUT2D eigenvalue weighted by atomic mass is 9.93. The van der Waals surface area contributed by atoms with Crippen molar-refractivity contribution in [1.29, 1.82) is 0 Å². The molecule has 0 aliphatic rings. The Kier molecular flexibility index (Phi) is 7.82. The van der Waals surface area contributed by atoms with E-state index in [1.165, 1.54) is 44.1 Å². The molecule has 0 unspecified atom stereocenters. The van der Waals surface area contributed by atoms with Gasteiger partial charge < -0.3 is 13.9 Å². The first-order chi connectivity index (χ1) is 28.2. The lowest BCUT2D eigenvalue weighted by molar-refractivity contribution is 0.669. The van der Waals surface area contributed by atoms with Gasteiger partial charge in [0.1, 0.15) is 11.2 Å². The highest BCUT2D eigenvalue weighted by Crippen LogP contribution is 2.42. The van der Waals surface area contributed by atoms with Crippen LogP contribution in [0.1, 0.15) is 0 Å². The fraction of sp³-hybridized carbons (Fsp3) is 0. The van der Waals surface area contributed by atoms with Crippen LogP contribution < -0.4 is 4.90 Å². The van der Waals surface area contributed by atoms with Gasteiger partial charge in [0.15, 0.2) is 0 Å². The molecule has 0 aliphatic heterocycles. The summed E-state index contributed by atoms with van der Waals surface area (Å²) in [5.41, 5.74) is 15.6. The molecule has 0 bridgehead atoms. The van der Waals surface area contributed by atoms with Crippen molar-refractivity contribution in [3.8, 4) is 39.1 Å². The van der Waals surface area contributed by atoms with Crippen LogP contribution in [0.5, 0.6) is 0 Å². The Hall–Kier alpha value is -7.62. The quantitative estimate of drug-likeness (QED) is 0.163. The predicted molar refractivity (Wildman–Crippen MR) is 239 cm³/mol. The second-order valence-electron chi connectivity index (χ2n) is 14.6. The molecule has 0 radical (unpaired) electrons. The van der Waals surface area contributed by atoms with Gasteiger partial charge in [0.2, 0.25) is 0 Å². The van der Waals surface area contributed by atoms with Crippen LogP contribution in [0.15, 0.2) is 223 Å². The number of furan rings is 1. The number of aromatic nitrogens is 1. The van der Waals surface area contributed by atoms with E-state index in [1.807, 2.05) is 12.1 Å². The van der Waals surface area contributed by atoms with E-state index in [4.69, 9.17) is 4.42 Å². The zero-order chi connectivity index (χ0) is 37.7. The Labute approximate surface area is 330 Å². The molecule has 11 aromatic rings. The highest BCUT2D eigenvalue weighted by Gasteiger charge is 2.19. The van der Waals surface area contributed by atoms with Crippen molar-refractivity contribution in [3.05, 3.63) is 218 Å². The normalized spacial score (nSPS) is 11.5. The monoisotopic (exact) mass is 728 g/mol. The zero-order valence-corrected chi connectivity index (χ0v) is 31.1. The fourth-order valence-corrected chi connectivity index (χ4v) is 8.45. The molecule has 0 aliphatic carbocycles. The number of rotatable bonds is 7.